The number of nitrogens with zero attached hydrogens (tertiary/aromatic N) is 6. The van der Waals surface area contributed by atoms with E-state index in [0.717, 1.165) is 143 Å². The number of hydrogen-bond acceptors (Lipinski definition) is 15. The van der Waals surface area contributed by atoms with Crippen molar-refractivity contribution in [3.63, 3.8) is 0 Å². The van der Waals surface area contributed by atoms with Crippen LogP contribution in [-0.4, -0.2) is 132 Å². The van der Waals surface area contributed by atoms with Crippen LogP contribution in [0.15, 0.2) is 114 Å². The first-order chi connectivity index (χ1) is 43.9. The molecule has 0 saturated carbocycles. The number of aromatic nitrogens is 2. The second kappa shape index (κ2) is 28.4. The van der Waals surface area contributed by atoms with Crippen LogP contribution in [0.3, 0.4) is 0 Å². The summed E-state index contributed by atoms with van der Waals surface area (Å²) in [7, 11) is -4.63. The van der Waals surface area contributed by atoms with Crippen molar-refractivity contribution in [2.45, 2.75) is 121 Å². The van der Waals surface area contributed by atoms with Crippen LogP contribution < -0.4 is 25.0 Å². The Morgan fingerprint density at radius 1 is 0.868 bits per heavy atom. The smallest absolute Gasteiger partial charge is 0.293 e. The molecule has 6 heterocycles. The fraction of sp³-hybridized carbons (Fsp3) is 0.420. The van der Waals surface area contributed by atoms with Gasteiger partial charge in [0.25, 0.3) is 33.4 Å². The molecule has 4 aromatic carbocycles. The quantitative estimate of drug-likeness (QED) is 0.0153. The lowest BCUT2D eigenvalue weighted by Crippen LogP contribution is -2.54. The van der Waals surface area contributed by atoms with Crippen molar-refractivity contribution in [2.75, 3.05) is 69.1 Å². The molecule has 0 spiro atoms. The molecule has 4 N–H and O–H groups in total. The van der Waals surface area contributed by atoms with Gasteiger partial charge in [-0.15, -0.1) is 0 Å². The summed E-state index contributed by atoms with van der Waals surface area (Å²) in [5, 5.41) is 19.5. The van der Waals surface area contributed by atoms with Gasteiger partial charge >= 0.3 is 0 Å². The fourth-order valence-corrected chi connectivity index (χ4v) is 14.3. The summed E-state index contributed by atoms with van der Waals surface area (Å²) >= 11 is 6.28. The van der Waals surface area contributed by atoms with Crippen molar-refractivity contribution < 1.29 is 42.1 Å². The summed E-state index contributed by atoms with van der Waals surface area (Å²) in [6.07, 6.45) is 16.5. The van der Waals surface area contributed by atoms with Crippen molar-refractivity contribution in [1.29, 1.82) is 0 Å². The molecule has 91 heavy (non-hydrogen) atoms. The third-order valence-corrected chi connectivity index (χ3v) is 19.8. The Hall–Kier alpha value is -8.42. The van der Waals surface area contributed by atoms with Gasteiger partial charge in [0.1, 0.15) is 28.9 Å². The van der Waals surface area contributed by atoms with Crippen molar-refractivity contribution in [3.8, 4) is 23.3 Å². The number of piperidine rings is 2. The van der Waals surface area contributed by atoms with Gasteiger partial charge < -0.3 is 24.8 Å². The van der Waals surface area contributed by atoms with E-state index in [1.54, 1.807) is 48.7 Å². The van der Waals surface area contributed by atoms with Gasteiger partial charge in [-0.2, -0.15) is 0 Å². The summed E-state index contributed by atoms with van der Waals surface area (Å²) in [5.74, 6) is 3.76. The predicted octanol–water partition coefficient (Wildman–Crippen LogP) is 11.5. The second-order valence-electron chi connectivity index (χ2n) is 25.3. The van der Waals surface area contributed by atoms with Crippen LogP contribution in [0, 0.1) is 33.3 Å². The molecule has 5 amide bonds. The number of ether oxygens (including phenoxy) is 1. The molecule has 2 unspecified atom stereocenters. The maximum Gasteiger partial charge on any atom is 0.293 e. The number of carbonyl (C=O) groups excluding carboxylic acids is 5. The topological polar surface area (TPSA) is 250 Å². The zero-order valence-electron chi connectivity index (χ0n) is 51.5. The maximum atomic E-state index is 14.2. The molecule has 20 nitrogen and oxygen atoms in total. The van der Waals surface area contributed by atoms with Crippen molar-refractivity contribution >= 4 is 84.8 Å². The highest BCUT2D eigenvalue weighted by Crippen LogP contribution is 2.44. The number of allylic oxidation sites excluding steroid dienone is 1. The number of aromatic amines is 1. The number of unbranched alkanes of at least 4 members (excludes halogenated alkanes) is 7. The first-order valence-corrected chi connectivity index (χ1v) is 33.6. The number of anilines is 2. The normalized spacial score (nSPS) is 18.8. The highest BCUT2D eigenvalue weighted by molar-refractivity contribution is 7.90. The number of amides is 5. The third kappa shape index (κ3) is 15.5. The minimum absolute atomic E-state index is 0.0522. The number of hydrogen-bond donors (Lipinski definition) is 4. The molecule has 1 aliphatic carbocycles. The molecule has 3 saturated heterocycles. The number of piperazine rings is 1. The molecule has 2 atom stereocenters. The Morgan fingerprint density at radius 3 is 2.43 bits per heavy atom. The van der Waals surface area contributed by atoms with Gasteiger partial charge in [-0.3, -0.25) is 49.2 Å². The van der Waals surface area contributed by atoms with E-state index in [0.29, 0.717) is 43.0 Å². The van der Waals surface area contributed by atoms with Crippen LogP contribution in [0.5, 0.6) is 11.5 Å². The number of fused-ring (bicyclic) bond motifs is 2. The third-order valence-electron chi connectivity index (χ3n) is 18.2. The molecule has 4 aliphatic heterocycles. The van der Waals surface area contributed by atoms with E-state index in [9.17, 15) is 42.5 Å². The van der Waals surface area contributed by atoms with Crippen LogP contribution in [-0.2, 0) is 19.6 Å². The number of nitro benzene ring substituents is 1. The lowest BCUT2D eigenvalue weighted by molar-refractivity contribution is -0.384. The van der Waals surface area contributed by atoms with Crippen LogP contribution in [0.1, 0.15) is 152 Å². The number of benzene rings is 4. The van der Waals surface area contributed by atoms with Crippen molar-refractivity contribution in [2.24, 2.45) is 11.3 Å². The first-order valence-electron chi connectivity index (χ1n) is 31.7. The summed E-state index contributed by atoms with van der Waals surface area (Å²) in [4.78, 5) is 92.0. The van der Waals surface area contributed by atoms with Gasteiger partial charge in [0.05, 0.1) is 32.7 Å². The summed E-state index contributed by atoms with van der Waals surface area (Å²) in [5.41, 5.74) is 6.31. The Bertz CT molecular complexity index is 3980. The molecule has 2 aromatic heterocycles. The van der Waals surface area contributed by atoms with E-state index in [2.05, 4.69) is 77.8 Å². The average Bonchev–Trinajstić information content (AvgIpc) is 1.65. The van der Waals surface area contributed by atoms with Crippen LogP contribution in [0.4, 0.5) is 17.1 Å². The van der Waals surface area contributed by atoms with E-state index >= 15 is 0 Å². The number of halogens is 1. The largest absolute Gasteiger partial charge is 0.455 e. The molecule has 6 aromatic rings. The zero-order chi connectivity index (χ0) is 63.8. The molecular weight excluding hydrogens is 1200 g/mol. The number of nitro groups is 1. The van der Waals surface area contributed by atoms with Gasteiger partial charge in [-0.1, -0.05) is 93.2 Å². The van der Waals surface area contributed by atoms with Gasteiger partial charge in [-0.05, 0) is 148 Å². The summed E-state index contributed by atoms with van der Waals surface area (Å²) < 4.78 is 36.6. The number of nitrogens with one attached hydrogen (secondary N) is 4. The van der Waals surface area contributed by atoms with E-state index in [-0.39, 0.29) is 52.3 Å². The molecule has 3 fully saturated rings. The number of imide groups is 2. The molecule has 11 rings (SSSR count). The molecular formula is C69H77ClN10O10S. The number of likely N-dealkylation sites (tertiary alicyclic amines) is 1. The Balaban J connectivity index is 0.642. The number of rotatable bonds is 23. The monoisotopic (exact) mass is 1270 g/mol. The van der Waals surface area contributed by atoms with E-state index in [4.69, 9.17) is 16.3 Å². The van der Waals surface area contributed by atoms with Crippen molar-refractivity contribution in [3.05, 3.63) is 152 Å². The lowest BCUT2D eigenvalue weighted by atomic mass is 9.72. The van der Waals surface area contributed by atoms with E-state index in [1.807, 2.05) is 18.2 Å². The van der Waals surface area contributed by atoms with Gasteiger partial charge in [0.15, 0.2) is 0 Å². The predicted molar refractivity (Wildman–Crippen MR) is 350 cm³/mol. The highest BCUT2D eigenvalue weighted by Gasteiger charge is 2.45. The molecule has 0 radical (unpaired) electrons. The number of pyridine rings is 1. The standard InChI is InChI=1S/C69H77ClN10O10S/c1-69(2)30-28-50(57(41-69)47-18-20-51(70)21-19-47)45-77-34-36-78(37-35-77)52-22-24-55(61(39-52)90-53-38-49-29-31-71-64(49)73-43-53)65(82)75-91(88,89)54-23-25-58(60(40-54)80(86)87)72-42-46-14-13-33-76(44-46)32-11-9-7-5-3-4-6-8-10-15-48-16-12-17-56-63(48)68(85)79(67(56)84)59-26-27-62(81)74-66(59)83/h12,16-25,29,31,38-40,43,46,59,72H,3-9,11,13-14,26-28,30,32-37,41-42,44-45H2,1-2H3,(H,71,73)(H,75,82)(H,74,81,83). The SMILES string of the molecule is CC1(C)CCC(CN2CCN(c3ccc(C(=O)NS(=O)(=O)c4ccc(NCC5CCCN(CCCCCCCCCC#Cc6cccc7c6C(=O)N(C6CCC(=O)NC6=O)C7=O)C5)c([N+](=O)[O-])c4)c(Oc4cnc5[nH]ccc5c4)c3)CC2)=C(c2ccc(Cl)cc2)C1. The second-order valence-corrected chi connectivity index (χ2v) is 27.4. The van der Waals surface area contributed by atoms with E-state index in [1.165, 1.54) is 35.0 Å². The van der Waals surface area contributed by atoms with Crippen LogP contribution in [0.2, 0.25) is 5.02 Å². The number of carbonyl (C=O) groups is 5. The van der Waals surface area contributed by atoms with E-state index < -0.39 is 61.1 Å². The first kappa shape index (κ1) is 64.1. The Labute approximate surface area is 535 Å². The van der Waals surface area contributed by atoms with Crippen molar-refractivity contribution in [1.82, 2.24) is 34.7 Å². The lowest BCUT2D eigenvalue weighted by Gasteiger charge is -2.39. The summed E-state index contributed by atoms with van der Waals surface area (Å²) in [6.45, 7) is 11.8. The van der Waals surface area contributed by atoms with Crippen LogP contribution >= 0.6 is 11.6 Å². The van der Waals surface area contributed by atoms with Gasteiger partial charge in [-0.25, -0.2) is 18.1 Å². The molecule has 5 aliphatic rings. The van der Waals surface area contributed by atoms with Gasteiger partial charge in [0.2, 0.25) is 11.8 Å². The summed E-state index contributed by atoms with van der Waals surface area (Å²) in [6, 6.07) is 24.4. The fourth-order valence-electron chi connectivity index (χ4n) is 13.2. The molecule has 0 bridgehead atoms. The minimum Gasteiger partial charge on any atom is -0.455 e. The van der Waals surface area contributed by atoms with Gasteiger partial charge in [0, 0.05) is 98.6 Å². The maximum absolute atomic E-state index is 14.2. The highest BCUT2D eigenvalue weighted by atomic mass is 35.5. The molecule has 22 heteroatoms. The number of H-pyrrole nitrogens is 1. The Kier molecular flexibility index (Phi) is 20.0. The zero-order valence-corrected chi connectivity index (χ0v) is 53.1. The molecule has 476 valence electrons. The average molecular weight is 1270 g/mol. The minimum atomic E-state index is -4.63. The Morgan fingerprint density at radius 2 is 1.65 bits per heavy atom. The van der Waals surface area contributed by atoms with Crippen LogP contribution in [0.25, 0.3) is 16.6 Å². The number of sulfonamides is 1.